The average Bonchev–Trinajstić information content (AvgIpc) is 3.08. The second-order valence-corrected chi connectivity index (χ2v) is 11.6. The maximum absolute atomic E-state index is 14.3. The lowest BCUT2D eigenvalue weighted by Gasteiger charge is -2.42. The normalized spacial score (nSPS) is 34.1. The molecule has 0 aliphatic heterocycles. The first-order valence-electron chi connectivity index (χ1n) is 13.6. The monoisotopic (exact) mass is 578 g/mol. The third kappa shape index (κ3) is 7.83. The Morgan fingerprint density at radius 2 is 1.37 bits per heavy atom. The van der Waals surface area contributed by atoms with Gasteiger partial charge in [-0.2, -0.15) is 0 Å². The van der Waals surface area contributed by atoms with Gasteiger partial charge in [0.05, 0.1) is 5.92 Å². The fourth-order valence-electron chi connectivity index (χ4n) is 5.92. The van der Waals surface area contributed by atoms with Crippen molar-refractivity contribution < 1.29 is 52.5 Å². The molecule has 0 spiro atoms. The van der Waals surface area contributed by atoms with Gasteiger partial charge in [-0.3, -0.25) is 28.8 Å². The second kappa shape index (κ2) is 13.0. The van der Waals surface area contributed by atoms with Crippen LogP contribution in [0.15, 0.2) is 24.3 Å². The van der Waals surface area contributed by atoms with Crippen molar-refractivity contribution in [3.05, 3.63) is 24.3 Å². The van der Waals surface area contributed by atoms with E-state index in [1.54, 1.807) is 39.8 Å². The second-order valence-electron chi connectivity index (χ2n) is 11.6. The van der Waals surface area contributed by atoms with E-state index in [2.05, 4.69) is 6.58 Å². The summed E-state index contributed by atoms with van der Waals surface area (Å²) < 4.78 is 28.6. The Morgan fingerprint density at radius 1 is 0.829 bits per heavy atom. The summed E-state index contributed by atoms with van der Waals surface area (Å²) >= 11 is 0. The van der Waals surface area contributed by atoms with Gasteiger partial charge < -0.3 is 23.7 Å². The van der Waals surface area contributed by atoms with Gasteiger partial charge in [-0.1, -0.05) is 46.4 Å². The molecule has 0 unspecified atom stereocenters. The Labute approximate surface area is 240 Å². The minimum absolute atomic E-state index is 0.0328. The molecule has 0 radical (unpaired) electrons. The van der Waals surface area contributed by atoms with Crippen molar-refractivity contribution in [1.29, 1.82) is 0 Å². The fourth-order valence-corrected chi connectivity index (χ4v) is 5.92. The smallest absolute Gasteiger partial charge is 0.303 e. The Balaban J connectivity index is 2.97. The van der Waals surface area contributed by atoms with E-state index in [1.165, 1.54) is 20.8 Å². The molecule has 0 aromatic heterocycles. The lowest BCUT2D eigenvalue weighted by molar-refractivity contribution is -0.185. The number of carbonyl (C=O) groups is 6. The summed E-state index contributed by atoms with van der Waals surface area (Å²) in [5.41, 5.74) is -2.72. The van der Waals surface area contributed by atoms with Crippen LogP contribution in [0.5, 0.6) is 0 Å². The number of fused-ring (bicyclic) bond motifs is 1. The van der Waals surface area contributed by atoms with Gasteiger partial charge in [-0.15, -0.1) is 0 Å². The van der Waals surface area contributed by atoms with Crippen LogP contribution in [-0.4, -0.2) is 65.6 Å². The summed E-state index contributed by atoms with van der Waals surface area (Å²) in [6, 6.07) is 0. The number of ether oxygens (including phenoxy) is 5. The van der Waals surface area contributed by atoms with Gasteiger partial charge in [0, 0.05) is 64.4 Å². The summed E-state index contributed by atoms with van der Waals surface area (Å²) in [6.07, 6.45) is -1.25. The van der Waals surface area contributed by atoms with Gasteiger partial charge in [0.2, 0.25) is 0 Å². The van der Waals surface area contributed by atoms with Gasteiger partial charge in [-0.25, -0.2) is 0 Å². The Kier molecular flexibility index (Phi) is 10.7. The van der Waals surface area contributed by atoms with Crippen molar-refractivity contribution in [2.75, 3.05) is 0 Å². The van der Waals surface area contributed by atoms with Crippen LogP contribution in [0.25, 0.3) is 0 Å². The van der Waals surface area contributed by atoms with E-state index in [9.17, 15) is 28.8 Å². The van der Waals surface area contributed by atoms with Crippen molar-refractivity contribution >= 4 is 35.6 Å². The van der Waals surface area contributed by atoms with Crippen LogP contribution in [0, 0.1) is 23.2 Å². The largest absolute Gasteiger partial charge is 0.462 e. The molecule has 2 aliphatic rings. The molecule has 0 heterocycles. The molecule has 11 heteroatoms. The molecule has 0 aromatic carbocycles. The Morgan fingerprint density at radius 3 is 1.85 bits per heavy atom. The molecule has 0 saturated heterocycles. The molecule has 0 aromatic rings. The summed E-state index contributed by atoms with van der Waals surface area (Å²) in [5.74, 6) is -6.54. The molecule has 0 N–H and O–H groups in total. The first-order chi connectivity index (χ1) is 18.8. The first kappa shape index (κ1) is 33.7. The van der Waals surface area contributed by atoms with Gasteiger partial charge in [0.25, 0.3) is 0 Å². The summed E-state index contributed by atoms with van der Waals surface area (Å²) in [6.45, 7) is 17.0. The van der Waals surface area contributed by atoms with Crippen LogP contribution in [0.3, 0.4) is 0 Å². The van der Waals surface area contributed by atoms with Crippen LogP contribution in [-0.2, 0) is 52.5 Å². The highest BCUT2D eigenvalue weighted by Gasteiger charge is 2.65. The molecule has 1 saturated carbocycles. The first-order valence-corrected chi connectivity index (χ1v) is 13.6. The highest BCUT2D eigenvalue weighted by Crippen LogP contribution is 2.51. The number of hydrogen-bond acceptors (Lipinski definition) is 11. The van der Waals surface area contributed by atoms with Crippen LogP contribution < -0.4 is 0 Å². The van der Waals surface area contributed by atoms with E-state index < -0.39 is 88.8 Å². The number of allylic oxidation sites excluding steroid dienone is 1. The quantitative estimate of drug-likeness (QED) is 0.268. The third-order valence-electron chi connectivity index (χ3n) is 7.62. The SMILES string of the molecule is C=C1[C@H](OC(C)=O)C[C@@H](OC(C)=O)C(C)(C)/C=C/[C@H](C)C(=O)[C@@]2(OC(C)=O)C[C@H](C)[C@H](OC(C)=O)[C@@H]2[C@H]1OC(C)=O. The van der Waals surface area contributed by atoms with E-state index in [-0.39, 0.29) is 18.4 Å². The Bertz CT molecular complexity index is 1120. The highest BCUT2D eigenvalue weighted by molar-refractivity contribution is 5.93. The molecular formula is C30H42O11. The van der Waals surface area contributed by atoms with Crippen molar-refractivity contribution in [2.45, 2.75) is 105 Å². The topological polar surface area (TPSA) is 149 Å². The fraction of sp³-hybridized carbons (Fsp3) is 0.667. The maximum Gasteiger partial charge on any atom is 0.303 e. The van der Waals surface area contributed by atoms with Crippen LogP contribution in [0.2, 0.25) is 0 Å². The summed E-state index contributed by atoms with van der Waals surface area (Å²) in [5, 5.41) is 0. The predicted octanol–water partition coefficient (Wildman–Crippen LogP) is 3.42. The summed E-state index contributed by atoms with van der Waals surface area (Å²) in [4.78, 5) is 75.9. The molecule has 228 valence electrons. The molecule has 1 fully saturated rings. The molecule has 8 atom stereocenters. The predicted molar refractivity (Wildman–Crippen MR) is 145 cm³/mol. The Hall–Kier alpha value is -3.50. The number of rotatable bonds is 5. The van der Waals surface area contributed by atoms with Gasteiger partial charge in [0.1, 0.15) is 24.4 Å². The van der Waals surface area contributed by atoms with Crippen LogP contribution in [0.1, 0.15) is 75.2 Å². The number of Topliss-reactive ketones (excluding diaryl/α,β-unsaturated/α-hetero) is 1. The van der Waals surface area contributed by atoms with E-state index in [0.717, 1.165) is 13.8 Å². The molecule has 11 nitrogen and oxygen atoms in total. The molecule has 0 bridgehead atoms. The minimum Gasteiger partial charge on any atom is -0.462 e. The standard InChI is InChI=1S/C30H42O11/c1-15-11-12-29(9,10)24(38-19(5)32)13-23(37-18(4)31)17(3)27(40-21(7)34)25-26(39-20(6)33)16(2)14-30(25,28(15)36)41-22(8)35/h11-12,15-16,23-27H,3,13-14H2,1-2,4-10H3/b12-11+/t15-,16-,23+,24+,25+,26-,27-,30+/m0/s1. The highest BCUT2D eigenvalue weighted by atomic mass is 16.6. The summed E-state index contributed by atoms with van der Waals surface area (Å²) in [7, 11) is 0. The average molecular weight is 579 g/mol. The van der Waals surface area contributed by atoms with Gasteiger partial charge >= 0.3 is 29.8 Å². The van der Waals surface area contributed by atoms with Gasteiger partial charge in [0.15, 0.2) is 11.4 Å². The molecule has 2 aliphatic carbocycles. The molecule has 2 rings (SSSR count). The zero-order valence-electron chi connectivity index (χ0n) is 25.3. The molecule has 0 amide bonds. The number of hydrogen-bond donors (Lipinski definition) is 0. The third-order valence-corrected chi connectivity index (χ3v) is 7.62. The number of esters is 5. The zero-order valence-corrected chi connectivity index (χ0v) is 25.3. The van der Waals surface area contributed by atoms with Crippen molar-refractivity contribution in [3.8, 4) is 0 Å². The van der Waals surface area contributed by atoms with Gasteiger partial charge in [-0.05, 0) is 5.92 Å². The van der Waals surface area contributed by atoms with E-state index in [4.69, 9.17) is 23.7 Å². The zero-order chi connectivity index (χ0) is 31.4. The van der Waals surface area contributed by atoms with Crippen molar-refractivity contribution in [2.24, 2.45) is 23.2 Å². The van der Waals surface area contributed by atoms with E-state index in [1.807, 2.05) is 0 Å². The molecular weight excluding hydrogens is 536 g/mol. The lowest BCUT2D eigenvalue weighted by atomic mass is 9.72. The van der Waals surface area contributed by atoms with Crippen molar-refractivity contribution in [1.82, 2.24) is 0 Å². The minimum atomic E-state index is -1.89. The van der Waals surface area contributed by atoms with E-state index >= 15 is 0 Å². The lowest BCUT2D eigenvalue weighted by Crippen LogP contribution is -2.57. The number of ketones is 1. The van der Waals surface area contributed by atoms with Crippen LogP contribution in [0.4, 0.5) is 0 Å². The number of carbonyl (C=O) groups excluding carboxylic acids is 6. The van der Waals surface area contributed by atoms with Crippen molar-refractivity contribution in [3.63, 3.8) is 0 Å². The molecule has 41 heavy (non-hydrogen) atoms. The van der Waals surface area contributed by atoms with Crippen LogP contribution >= 0.6 is 0 Å². The van der Waals surface area contributed by atoms with E-state index in [0.29, 0.717) is 0 Å². The maximum atomic E-state index is 14.3.